The fourth-order valence-electron chi connectivity index (χ4n) is 4.13. The van der Waals surface area contributed by atoms with E-state index in [1.807, 2.05) is 49.5 Å². The molecule has 31 heavy (non-hydrogen) atoms. The van der Waals surface area contributed by atoms with E-state index < -0.39 is 0 Å². The second-order valence-corrected chi connectivity index (χ2v) is 8.40. The Morgan fingerprint density at radius 2 is 2.13 bits per heavy atom. The largest absolute Gasteiger partial charge is 0.489 e. The summed E-state index contributed by atoms with van der Waals surface area (Å²) in [6.07, 6.45) is 6.21. The molecule has 2 aromatic heterocycles. The number of morpholine rings is 1. The molecule has 0 N–H and O–H groups in total. The van der Waals surface area contributed by atoms with Crippen molar-refractivity contribution in [3.05, 3.63) is 64.1 Å². The van der Waals surface area contributed by atoms with Gasteiger partial charge < -0.3 is 14.4 Å². The number of fused-ring (bicyclic) bond motifs is 2. The Hall–Kier alpha value is -2.90. The predicted octanol–water partition coefficient (Wildman–Crippen LogP) is 3.27. The lowest BCUT2D eigenvalue weighted by atomic mass is 9.97. The lowest BCUT2D eigenvalue weighted by Crippen LogP contribution is -2.50. The Morgan fingerprint density at radius 1 is 1.26 bits per heavy atom. The van der Waals surface area contributed by atoms with Gasteiger partial charge in [-0.05, 0) is 42.2 Å². The van der Waals surface area contributed by atoms with Crippen LogP contribution in [0.5, 0.6) is 5.75 Å². The molecular formula is C23H23ClN4O3. The van der Waals surface area contributed by atoms with Gasteiger partial charge in [-0.1, -0.05) is 17.7 Å². The first-order valence-corrected chi connectivity index (χ1v) is 10.7. The van der Waals surface area contributed by atoms with Crippen LogP contribution in [0, 0.1) is 6.92 Å². The van der Waals surface area contributed by atoms with Gasteiger partial charge in [-0.2, -0.15) is 5.10 Å². The van der Waals surface area contributed by atoms with Crippen molar-refractivity contribution in [3.8, 4) is 17.0 Å². The molecule has 4 heterocycles. The number of aromatic nitrogens is 3. The Balaban J connectivity index is 1.45. The smallest absolute Gasteiger partial charge is 0.258 e. The number of aryl methyl sites for hydroxylation is 1. The van der Waals surface area contributed by atoms with E-state index in [0.717, 1.165) is 27.9 Å². The molecule has 2 aliphatic heterocycles. The SMILES string of the molecule is Cc1c(Cc2ccc(-c3cnn(C)c3)nc2)cc2c(c1Cl)OC[C@@H]1COCCN1C2=O. The molecule has 0 aliphatic carbocycles. The molecule has 5 rings (SSSR count). The molecule has 1 fully saturated rings. The molecule has 0 radical (unpaired) electrons. The number of hydrogen-bond donors (Lipinski definition) is 0. The number of hydrogen-bond acceptors (Lipinski definition) is 5. The molecule has 0 spiro atoms. The van der Waals surface area contributed by atoms with Gasteiger partial charge >= 0.3 is 0 Å². The van der Waals surface area contributed by atoms with Crippen molar-refractivity contribution >= 4 is 17.5 Å². The van der Waals surface area contributed by atoms with Crippen LogP contribution in [-0.2, 0) is 18.2 Å². The van der Waals surface area contributed by atoms with Crippen LogP contribution in [0.2, 0.25) is 5.02 Å². The molecule has 1 amide bonds. The van der Waals surface area contributed by atoms with Crippen LogP contribution in [0.15, 0.2) is 36.8 Å². The highest BCUT2D eigenvalue weighted by Crippen LogP contribution is 2.38. The second-order valence-electron chi connectivity index (χ2n) is 8.02. The minimum Gasteiger partial charge on any atom is -0.489 e. The molecule has 0 saturated carbocycles. The van der Waals surface area contributed by atoms with E-state index >= 15 is 0 Å². The van der Waals surface area contributed by atoms with Crippen LogP contribution in [0.25, 0.3) is 11.3 Å². The average Bonchev–Trinajstić information content (AvgIpc) is 3.16. The number of nitrogens with zero attached hydrogens (tertiary/aromatic N) is 4. The number of carbonyl (C=O) groups excluding carboxylic acids is 1. The van der Waals surface area contributed by atoms with E-state index in [2.05, 4.69) is 10.1 Å². The highest BCUT2D eigenvalue weighted by Gasteiger charge is 2.35. The minimum absolute atomic E-state index is 0.0472. The summed E-state index contributed by atoms with van der Waals surface area (Å²) in [4.78, 5) is 19.7. The van der Waals surface area contributed by atoms with Crippen molar-refractivity contribution in [2.24, 2.45) is 7.05 Å². The zero-order chi connectivity index (χ0) is 21.5. The molecule has 0 bridgehead atoms. The summed E-state index contributed by atoms with van der Waals surface area (Å²) in [6, 6.07) is 5.87. The van der Waals surface area contributed by atoms with Gasteiger partial charge in [0.1, 0.15) is 6.61 Å². The third kappa shape index (κ3) is 3.68. The Morgan fingerprint density at radius 3 is 2.87 bits per heavy atom. The first-order chi connectivity index (χ1) is 15.0. The monoisotopic (exact) mass is 438 g/mol. The van der Waals surface area contributed by atoms with Crippen LogP contribution < -0.4 is 4.74 Å². The van der Waals surface area contributed by atoms with Crippen LogP contribution >= 0.6 is 11.6 Å². The summed E-state index contributed by atoms with van der Waals surface area (Å²) in [5.41, 5.74) is 5.31. The number of halogens is 1. The van der Waals surface area contributed by atoms with E-state index in [-0.39, 0.29) is 11.9 Å². The van der Waals surface area contributed by atoms with Crippen LogP contribution in [0.1, 0.15) is 27.0 Å². The van der Waals surface area contributed by atoms with Crippen LogP contribution in [0.3, 0.4) is 0 Å². The van der Waals surface area contributed by atoms with E-state index in [0.29, 0.717) is 49.1 Å². The normalized spacial score (nSPS) is 18.2. The quantitative estimate of drug-likeness (QED) is 0.627. The van der Waals surface area contributed by atoms with E-state index in [9.17, 15) is 4.79 Å². The highest BCUT2D eigenvalue weighted by molar-refractivity contribution is 6.33. The first-order valence-electron chi connectivity index (χ1n) is 10.3. The van der Waals surface area contributed by atoms with Crippen molar-refractivity contribution in [1.82, 2.24) is 19.7 Å². The summed E-state index contributed by atoms with van der Waals surface area (Å²) in [5.74, 6) is 0.432. The fourth-order valence-corrected chi connectivity index (χ4v) is 4.41. The minimum atomic E-state index is -0.0855. The van der Waals surface area contributed by atoms with Gasteiger partial charge in [0.2, 0.25) is 0 Å². The summed E-state index contributed by atoms with van der Waals surface area (Å²) in [5, 5.41) is 4.70. The van der Waals surface area contributed by atoms with Crippen LogP contribution in [-0.4, -0.2) is 58.0 Å². The van der Waals surface area contributed by atoms with Gasteiger partial charge in [0, 0.05) is 31.5 Å². The van der Waals surface area contributed by atoms with Crippen molar-refractivity contribution in [2.45, 2.75) is 19.4 Å². The molecule has 7 nitrogen and oxygen atoms in total. The Kier molecular flexibility index (Phi) is 5.16. The van der Waals surface area contributed by atoms with E-state index in [4.69, 9.17) is 21.1 Å². The van der Waals surface area contributed by atoms with Crippen molar-refractivity contribution < 1.29 is 14.3 Å². The van der Waals surface area contributed by atoms with E-state index in [1.165, 1.54) is 0 Å². The lowest BCUT2D eigenvalue weighted by Gasteiger charge is -2.33. The maximum atomic E-state index is 13.3. The van der Waals surface area contributed by atoms with Crippen molar-refractivity contribution in [1.29, 1.82) is 0 Å². The number of rotatable bonds is 3. The lowest BCUT2D eigenvalue weighted by molar-refractivity contribution is -0.0109. The zero-order valence-corrected chi connectivity index (χ0v) is 18.2. The van der Waals surface area contributed by atoms with Gasteiger partial charge in [-0.3, -0.25) is 14.5 Å². The molecule has 3 aromatic rings. The molecule has 1 aromatic carbocycles. The highest BCUT2D eigenvalue weighted by atomic mass is 35.5. The summed E-state index contributed by atoms with van der Waals surface area (Å²) in [7, 11) is 1.88. The standard InChI is InChI=1S/C23H23ClN4O3/c1-14-16(7-15-3-4-20(25-9-15)17-10-26-27(2)11-17)8-19-22(21(14)24)31-13-18-12-30-6-5-28(18)23(19)29/h3-4,8-11,18H,5-7,12-13H2,1-2H3/t18-/m0/s1. The molecular weight excluding hydrogens is 416 g/mol. The Bertz CT molecular complexity index is 1140. The molecule has 8 heteroatoms. The van der Waals surface area contributed by atoms with Crippen molar-refractivity contribution in [2.75, 3.05) is 26.4 Å². The molecule has 1 atom stereocenters. The summed E-state index contributed by atoms with van der Waals surface area (Å²) >= 11 is 6.67. The average molecular weight is 439 g/mol. The van der Waals surface area contributed by atoms with Crippen molar-refractivity contribution in [3.63, 3.8) is 0 Å². The van der Waals surface area contributed by atoms with Gasteiger partial charge in [0.15, 0.2) is 5.75 Å². The van der Waals surface area contributed by atoms with E-state index in [1.54, 1.807) is 10.9 Å². The second kappa shape index (κ2) is 7.98. The summed E-state index contributed by atoms with van der Waals surface area (Å²) < 4.78 is 13.3. The topological polar surface area (TPSA) is 69.5 Å². The summed E-state index contributed by atoms with van der Waals surface area (Å²) in [6.45, 7) is 3.94. The fraction of sp³-hybridized carbons (Fsp3) is 0.348. The zero-order valence-electron chi connectivity index (χ0n) is 17.5. The third-order valence-electron chi connectivity index (χ3n) is 5.93. The van der Waals surface area contributed by atoms with Crippen LogP contribution in [0.4, 0.5) is 0 Å². The van der Waals surface area contributed by atoms with Gasteiger partial charge in [-0.25, -0.2) is 0 Å². The maximum absolute atomic E-state index is 13.3. The number of pyridine rings is 1. The number of carbonyl (C=O) groups is 1. The maximum Gasteiger partial charge on any atom is 0.258 e. The number of amides is 1. The first kappa shape index (κ1) is 20.0. The van der Waals surface area contributed by atoms with Gasteiger partial charge in [0.25, 0.3) is 5.91 Å². The predicted molar refractivity (Wildman–Crippen MR) is 117 cm³/mol. The third-order valence-corrected chi connectivity index (χ3v) is 6.39. The molecule has 1 saturated heterocycles. The molecule has 2 aliphatic rings. The molecule has 160 valence electrons. The van der Waals surface area contributed by atoms with Gasteiger partial charge in [-0.15, -0.1) is 0 Å². The number of benzene rings is 1. The Labute approximate surface area is 185 Å². The molecule has 0 unspecified atom stereocenters. The number of ether oxygens (including phenoxy) is 2. The van der Waals surface area contributed by atoms with Gasteiger partial charge in [0.05, 0.1) is 41.7 Å².